The molecule has 0 aliphatic heterocycles. The van der Waals surface area contributed by atoms with Crippen LogP contribution in [0.3, 0.4) is 0 Å². The van der Waals surface area contributed by atoms with E-state index in [1.54, 1.807) is 6.07 Å². The first-order valence-electron chi connectivity index (χ1n) is 7.80. The molecule has 3 rings (SSSR count). The van der Waals surface area contributed by atoms with Gasteiger partial charge in [0.2, 0.25) is 5.91 Å². The number of aromatic nitrogens is 4. The van der Waals surface area contributed by atoms with Crippen molar-refractivity contribution < 1.29 is 4.79 Å². The molecule has 134 valence electrons. The maximum absolute atomic E-state index is 12.1. The summed E-state index contributed by atoms with van der Waals surface area (Å²) in [6.07, 6.45) is 1.48. The van der Waals surface area contributed by atoms with Gasteiger partial charge < -0.3 is 9.88 Å². The van der Waals surface area contributed by atoms with Crippen molar-refractivity contribution in [3.05, 3.63) is 52.8 Å². The molecule has 0 aliphatic carbocycles. The van der Waals surface area contributed by atoms with Crippen molar-refractivity contribution in [2.75, 3.05) is 11.1 Å². The minimum atomic E-state index is -0.113. The molecule has 26 heavy (non-hydrogen) atoms. The van der Waals surface area contributed by atoms with Crippen LogP contribution in [-0.4, -0.2) is 31.4 Å². The fraction of sp³-hybridized carbons (Fsp3) is 0.176. The van der Waals surface area contributed by atoms with Crippen LogP contribution in [0.2, 0.25) is 10.2 Å². The van der Waals surface area contributed by atoms with E-state index < -0.39 is 0 Å². The molecule has 1 N–H and O–H groups in total. The Labute approximate surface area is 164 Å². The lowest BCUT2D eigenvalue weighted by Gasteiger charge is -2.09. The molecule has 2 aromatic heterocycles. The number of halogens is 2. The van der Waals surface area contributed by atoms with E-state index >= 15 is 0 Å². The van der Waals surface area contributed by atoms with E-state index in [1.165, 1.54) is 18.0 Å². The minimum absolute atomic E-state index is 0.113. The third-order valence-corrected chi connectivity index (χ3v) is 4.96. The molecule has 0 saturated heterocycles. The van der Waals surface area contributed by atoms with E-state index in [4.69, 9.17) is 23.2 Å². The molecular weight excluding hydrogens is 393 g/mol. The monoisotopic (exact) mass is 407 g/mol. The van der Waals surface area contributed by atoms with Gasteiger partial charge >= 0.3 is 0 Å². The molecule has 1 amide bonds. The smallest absolute Gasteiger partial charge is 0.234 e. The quantitative estimate of drug-likeness (QED) is 0.484. The first-order valence-corrected chi connectivity index (χ1v) is 9.55. The van der Waals surface area contributed by atoms with Crippen LogP contribution in [0, 0.1) is 0 Å². The Hall–Kier alpha value is -2.09. The zero-order valence-corrected chi connectivity index (χ0v) is 16.1. The molecule has 3 aromatic rings. The van der Waals surface area contributed by atoms with Gasteiger partial charge in [0.25, 0.3) is 0 Å². The standard InChI is InChI=1S/C17H15Cl2N5OS/c1-2-24-16(12-8-14(19)20-9-13(12)18)22-23-17(24)26-10-15(25)21-11-6-4-3-5-7-11/h3-9H,2,10H2,1H3,(H,21,25). The molecule has 6 nitrogen and oxygen atoms in total. The molecule has 0 unspecified atom stereocenters. The van der Waals surface area contributed by atoms with Crippen molar-refractivity contribution in [3.63, 3.8) is 0 Å². The lowest BCUT2D eigenvalue weighted by molar-refractivity contribution is -0.113. The number of thioether (sulfide) groups is 1. The lowest BCUT2D eigenvalue weighted by Crippen LogP contribution is -2.14. The summed E-state index contributed by atoms with van der Waals surface area (Å²) in [5, 5.41) is 12.6. The van der Waals surface area contributed by atoms with Crippen molar-refractivity contribution in [2.45, 2.75) is 18.6 Å². The highest BCUT2D eigenvalue weighted by atomic mass is 35.5. The third kappa shape index (κ3) is 4.35. The fourth-order valence-electron chi connectivity index (χ4n) is 2.31. The number of amides is 1. The predicted octanol–water partition coefficient (Wildman–Crippen LogP) is 4.40. The summed E-state index contributed by atoms with van der Waals surface area (Å²) in [6.45, 7) is 2.60. The number of hydrogen-bond donors (Lipinski definition) is 1. The largest absolute Gasteiger partial charge is 0.325 e. The summed E-state index contributed by atoms with van der Waals surface area (Å²) in [5.74, 6) is 0.698. The summed E-state index contributed by atoms with van der Waals surface area (Å²) in [6, 6.07) is 11.0. The van der Waals surface area contributed by atoms with Gasteiger partial charge in [-0.05, 0) is 25.1 Å². The van der Waals surface area contributed by atoms with Crippen LogP contribution >= 0.6 is 35.0 Å². The van der Waals surface area contributed by atoms with E-state index in [0.717, 1.165) is 5.69 Å². The van der Waals surface area contributed by atoms with Gasteiger partial charge in [-0.25, -0.2) is 4.98 Å². The summed E-state index contributed by atoms with van der Waals surface area (Å²) >= 11 is 13.5. The average Bonchev–Trinajstić information content (AvgIpc) is 3.05. The molecule has 0 aliphatic rings. The summed E-state index contributed by atoms with van der Waals surface area (Å²) < 4.78 is 1.89. The van der Waals surface area contributed by atoms with Crippen LogP contribution in [0.4, 0.5) is 5.69 Å². The van der Waals surface area contributed by atoms with Crippen molar-refractivity contribution in [3.8, 4) is 11.4 Å². The Balaban J connectivity index is 1.74. The number of pyridine rings is 1. The fourth-order valence-corrected chi connectivity index (χ4v) is 3.46. The summed E-state index contributed by atoms with van der Waals surface area (Å²) in [5.41, 5.74) is 1.41. The van der Waals surface area contributed by atoms with Crippen molar-refractivity contribution in [2.24, 2.45) is 0 Å². The van der Waals surface area contributed by atoms with Gasteiger partial charge in [-0.1, -0.05) is 53.2 Å². The number of carbonyl (C=O) groups excluding carboxylic acids is 1. The van der Waals surface area contributed by atoms with Gasteiger partial charge in [0.15, 0.2) is 11.0 Å². The topological polar surface area (TPSA) is 72.7 Å². The normalized spacial score (nSPS) is 10.7. The number of benzene rings is 1. The van der Waals surface area contributed by atoms with Crippen LogP contribution in [0.1, 0.15) is 6.92 Å². The maximum Gasteiger partial charge on any atom is 0.234 e. The third-order valence-electron chi connectivity index (χ3n) is 3.49. The number of nitrogens with zero attached hydrogens (tertiary/aromatic N) is 4. The average molecular weight is 408 g/mol. The Morgan fingerprint density at radius 2 is 2.00 bits per heavy atom. The van der Waals surface area contributed by atoms with Crippen molar-refractivity contribution in [1.82, 2.24) is 19.7 Å². The van der Waals surface area contributed by atoms with E-state index in [1.807, 2.05) is 41.8 Å². The molecule has 1 aromatic carbocycles. The Bertz CT molecular complexity index is 917. The second-order valence-corrected chi connectivity index (χ2v) is 6.98. The van der Waals surface area contributed by atoms with Gasteiger partial charge in [0.1, 0.15) is 5.15 Å². The molecule has 0 spiro atoms. The number of rotatable bonds is 6. The zero-order valence-electron chi connectivity index (χ0n) is 13.8. The lowest BCUT2D eigenvalue weighted by atomic mass is 10.2. The Kier molecular flexibility index (Phi) is 6.13. The molecule has 2 heterocycles. The summed E-state index contributed by atoms with van der Waals surface area (Å²) in [7, 11) is 0. The Morgan fingerprint density at radius 3 is 2.73 bits per heavy atom. The molecule has 0 atom stereocenters. The highest BCUT2D eigenvalue weighted by Crippen LogP contribution is 2.30. The first-order chi connectivity index (χ1) is 12.6. The van der Waals surface area contributed by atoms with Crippen molar-refractivity contribution >= 4 is 46.6 Å². The van der Waals surface area contributed by atoms with Gasteiger partial charge in [-0.3, -0.25) is 4.79 Å². The molecule has 0 fully saturated rings. The molecule has 0 bridgehead atoms. The van der Waals surface area contributed by atoms with Crippen LogP contribution < -0.4 is 5.32 Å². The van der Waals surface area contributed by atoms with Gasteiger partial charge in [0.05, 0.1) is 10.8 Å². The van der Waals surface area contributed by atoms with E-state index in [9.17, 15) is 4.79 Å². The second kappa shape index (κ2) is 8.53. The molecule has 0 radical (unpaired) electrons. The van der Waals surface area contributed by atoms with Gasteiger partial charge in [0, 0.05) is 24.0 Å². The van der Waals surface area contributed by atoms with Gasteiger partial charge in [-0.2, -0.15) is 0 Å². The minimum Gasteiger partial charge on any atom is -0.325 e. The summed E-state index contributed by atoms with van der Waals surface area (Å²) in [4.78, 5) is 16.1. The molecule has 0 saturated carbocycles. The number of para-hydroxylation sites is 1. The first kappa shape index (κ1) is 18.7. The van der Waals surface area contributed by atoms with Crippen LogP contribution in [-0.2, 0) is 11.3 Å². The van der Waals surface area contributed by atoms with Crippen molar-refractivity contribution in [1.29, 1.82) is 0 Å². The maximum atomic E-state index is 12.1. The SMILES string of the molecule is CCn1c(SCC(=O)Nc2ccccc2)nnc1-c1cc(Cl)ncc1Cl. The Morgan fingerprint density at radius 1 is 1.23 bits per heavy atom. The van der Waals surface area contributed by atoms with Crippen LogP contribution in [0.5, 0.6) is 0 Å². The van der Waals surface area contributed by atoms with E-state index in [0.29, 0.717) is 33.3 Å². The second-order valence-electron chi connectivity index (χ2n) is 5.24. The number of hydrogen-bond acceptors (Lipinski definition) is 5. The highest BCUT2D eigenvalue weighted by molar-refractivity contribution is 7.99. The van der Waals surface area contributed by atoms with Crippen LogP contribution in [0.15, 0.2) is 47.8 Å². The van der Waals surface area contributed by atoms with Crippen LogP contribution in [0.25, 0.3) is 11.4 Å². The highest BCUT2D eigenvalue weighted by Gasteiger charge is 2.17. The predicted molar refractivity (Wildman–Crippen MR) is 105 cm³/mol. The number of carbonyl (C=O) groups is 1. The van der Waals surface area contributed by atoms with E-state index in [-0.39, 0.29) is 11.7 Å². The van der Waals surface area contributed by atoms with Gasteiger partial charge in [-0.15, -0.1) is 10.2 Å². The number of nitrogens with one attached hydrogen (secondary N) is 1. The van der Waals surface area contributed by atoms with E-state index in [2.05, 4.69) is 20.5 Å². The number of anilines is 1. The zero-order chi connectivity index (χ0) is 18.5. The molecular formula is C17H15Cl2N5OS. The molecule has 9 heteroatoms.